The Hall–Kier alpha value is -4.28. The van der Waals surface area contributed by atoms with Crippen molar-refractivity contribution in [2.45, 2.75) is 19.3 Å². The lowest BCUT2D eigenvalue weighted by molar-refractivity contribution is -0.141. The van der Waals surface area contributed by atoms with E-state index < -0.39 is 18.6 Å². The third-order valence-electron chi connectivity index (χ3n) is 5.51. The third-order valence-corrected chi connectivity index (χ3v) is 5.51. The smallest absolute Gasteiger partial charge is 0.406 e. The number of hydrogen-bond donors (Lipinski definition) is 0. The minimum absolute atomic E-state index is 0.110. The van der Waals surface area contributed by atoms with E-state index in [1.165, 1.54) is 38.6 Å². The zero-order chi connectivity index (χ0) is 25.9. The third kappa shape index (κ3) is 5.35. The first kappa shape index (κ1) is 24.8. The lowest BCUT2D eigenvalue weighted by Crippen LogP contribution is -2.29. The average molecular weight is 499 g/mol. The van der Waals surface area contributed by atoms with Crippen LogP contribution in [0.2, 0.25) is 0 Å². The molecule has 0 radical (unpaired) electrons. The van der Waals surface area contributed by atoms with E-state index in [9.17, 15) is 18.0 Å². The average Bonchev–Trinajstić information content (AvgIpc) is 3.50. The van der Waals surface area contributed by atoms with E-state index in [1.54, 1.807) is 29.1 Å². The van der Waals surface area contributed by atoms with E-state index >= 15 is 0 Å². The van der Waals surface area contributed by atoms with Gasteiger partial charge in [0.05, 0.1) is 26.5 Å². The van der Waals surface area contributed by atoms with Gasteiger partial charge in [-0.25, -0.2) is 9.67 Å². The number of benzene rings is 2. The zero-order valence-electron chi connectivity index (χ0n) is 19.9. The Morgan fingerprint density at radius 1 is 1.06 bits per heavy atom. The molecule has 0 bridgehead atoms. The summed E-state index contributed by atoms with van der Waals surface area (Å²) >= 11 is 0. The number of rotatable bonds is 8. The van der Waals surface area contributed by atoms with Gasteiger partial charge in [0, 0.05) is 31.2 Å². The first-order chi connectivity index (χ1) is 17.2. The van der Waals surface area contributed by atoms with E-state index in [0.29, 0.717) is 22.6 Å². The number of halogens is 3. The van der Waals surface area contributed by atoms with Crippen molar-refractivity contribution in [2.75, 3.05) is 21.3 Å². The molecule has 4 rings (SSSR count). The van der Waals surface area contributed by atoms with Gasteiger partial charge in [-0.05, 0) is 29.8 Å². The summed E-state index contributed by atoms with van der Waals surface area (Å²) in [5.41, 5.74) is 2.05. The van der Waals surface area contributed by atoms with Crippen LogP contribution in [-0.2, 0) is 13.1 Å². The number of carbonyl (C=O) groups excluding carboxylic acids is 1. The molecule has 0 N–H and O–H groups in total. The molecule has 0 spiro atoms. The van der Waals surface area contributed by atoms with Crippen LogP contribution in [0.5, 0.6) is 11.5 Å². The van der Waals surface area contributed by atoms with Crippen LogP contribution in [0.15, 0.2) is 67.1 Å². The van der Waals surface area contributed by atoms with Crippen molar-refractivity contribution in [3.05, 3.63) is 78.6 Å². The van der Waals surface area contributed by atoms with E-state index in [2.05, 4.69) is 10.1 Å². The first-order valence-corrected chi connectivity index (χ1v) is 10.9. The lowest BCUT2D eigenvalue weighted by atomic mass is 10.0. The van der Waals surface area contributed by atoms with Gasteiger partial charge in [0.25, 0.3) is 5.91 Å². The summed E-state index contributed by atoms with van der Waals surface area (Å²) in [7, 11) is 4.53. The molecule has 188 valence electrons. The van der Waals surface area contributed by atoms with Gasteiger partial charge in [0.1, 0.15) is 12.4 Å². The number of ether oxygens (including phenoxy) is 2. The molecule has 4 aromatic rings. The molecule has 36 heavy (non-hydrogen) atoms. The number of amides is 1. The van der Waals surface area contributed by atoms with Crippen molar-refractivity contribution in [2.24, 2.45) is 0 Å². The molecule has 0 fully saturated rings. The van der Waals surface area contributed by atoms with Gasteiger partial charge in [0.15, 0.2) is 17.2 Å². The Morgan fingerprint density at radius 3 is 2.44 bits per heavy atom. The maximum atomic E-state index is 13.5. The van der Waals surface area contributed by atoms with E-state index in [4.69, 9.17) is 9.47 Å². The summed E-state index contributed by atoms with van der Waals surface area (Å²) in [6.07, 6.45) is -0.172. The van der Waals surface area contributed by atoms with Crippen molar-refractivity contribution in [3.8, 4) is 28.3 Å². The molecule has 2 heterocycles. The predicted octanol–water partition coefficient (Wildman–Crippen LogP) is 4.59. The minimum Gasteiger partial charge on any atom is -0.493 e. The standard InChI is InChI=1S/C25H24F3N5O3/c1-31(15-22-29-11-12-32(22)16-25(26,27)28)24(34)23-19(14-33(30-23)18-7-5-4-6-8-18)17-9-10-20(35-2)21(13-17)36-3/h4-14H,15-16H2,1-3H3. The summed E-state index contributed by atoms with van der Waals surface area (Å²) in [6.45, 7) is -1.32. The highest BCUT2D eigenvalue weighted by Gasteiger charge is 2.30. The fourth-order valence-corrected chi connectivity index (χ4v) is 3.75. The highest BCUT2D eigenvalue weighted by molar-refractivity contribution is 5.99. The minimum atomic E-state index is -4.41. The van der Waals surface area contributed by atoms with E-state index in [0.717, 1.165) is 10.3 Å². The number of methoxy groups -OCH3 is 2. The predicted molar refractivity (Wildman–Crippen MR) is 126 cm³/mol. The van der Waals surface area contributed by atoms with Crippen molar-refractivity contribution >= 4 is 5.91 Å². The maximum Gasteiger partial charge on any atom is 0.406 e. The van der Waals surface area contributed by atoms with Gasteiger partial charge in [-0.1, -0.05) is 24.3 Å². The number of hydrogen-bond acceptors (Lipinski definition) is 5. The van der Waals surface area contributed by atoms with Crippen molar-refractivity contribution < 1.29 is 27.4 Å². The number of carbonyl (C=O) groups is 1. The van der Waals surface area contributed by atoms with Crippen LogP contribution in [-0.4, -0.2) is 57.6 Å². The zero-order valence-corrected chi connectivity index (χ0v) is 19.9. The van der Waals surface area contributed by atoms with Gasteiger partial charge < -0.3 is 18.9 Å². The molecule has 2 aromatic carbocycles. The van der Waals surface area contributed by atoms with Crippen LogP contribution in [0.25, 0.3) is 16.8 Å². The van der Waals surface area contributed by atoms with Gasteiger partial charge in [0.2, 0.25) is 0 Å². The van der Waals surface area contributed by atoms with E-state index in [-0.39, 0.29) is 18.1 Å². The van der Waals surface area contributed by atoms with Crippen LogP contribution >= 0.6 is 0 Å². The first-order valence-electron chi connectivity index (χ1n) is 10.9. The highest BCUT2D eigenvalue weighted by Crippen LogP contribution is 2.34. The lowest BCUT2D eigenvalue weighted by Gasteiger charge is -2.18. The fourth-order valence-electron chi connectivity index (χ4n) is 3.75. The summed E-state index contributed by atoms with van der Waals surface area (Å²) in [4.78, 5) is 18.8. The summed E-state index contributed by atoms with van der Waals surface area (Å²) < 4.78 is 52.0. The van der Waals surface area contributed by atoms with Crippen LogP contribution < -0.4 is 9.47 Å². The summed E-state index contributed by atoms with van der Waals surface area (Å²) in [6, 6.07) is 14.5. The SMILES string of the molecule is COc1ccc(-c2cn(-c3ccccc3)nc2C(=O)N(C)Cc2nccn2CC(F)(F)F)cc1OC. The van der Waals surface area contributed by atoms with Gasteiger partial charge >= 0.3 is 6.18 Å². The molecule has 8 nitrogen and oxygen atoms in total. The molecule has 1 amide bonds. The molecule has 0 saturated carbocycles. The molecule has 2 aromatic heterocycles. The molecule has 0 saturated heterocycles. The van der Waals surface area contributed by atoms with Crippen LogP contribution in [0, 0.1) is 0 Å². The Balaban J connectivity index is 1.71. The molecule has 0 aliphatic carbocycles. The Bertz CT molecular complexity index is 1350. The Morgan fingerprint density at radius 2 is 1.78 bits per heavy atom. The quantitative estimate of drug-likeness (QED) is 0.355. The second-order valence-corrected chi connectivity index (χ2v) is 7.99. The molecule has 11 heteroatoms. The van der Waals surface area contributed by atoms with Crippen molar-refractivity contribution in [1.29, 1.82) is 0 Å². The second-order valence-electron chi connectivity index (χ2n) is 7.99. The molecule has 0 atom stereocenters. The van der Waals surface area contributed by atoms with E-state index in [1.807, 2.05) is 30.3 Å². The number of alkyl halides is 3. The normalized spacial score (nSPS) is 11.4. The molecule has 0 aliphatic heterocycles. The van der Waals surface area contributed by atoms with Gasteiger partial charge in [-0.15, -0.1) is 0 Å². The van der Waals surface area contributed by atoms with Gasteiger partial charge in [-0.2, -0.15) is 18.3 Å². The maximum absolute atomic E-state index is 13.5. The monoisotopic (exact) mass is 499 g/mol. The fraction of sp³-hybridized carbons (Fsp3) is 0.240. The topological polar surface area (TPSA) is 74.4 Å². The second kappa shape index (κ2) is 10.1. The Labute approximate surface area is 205 Å². The largest absolute Gasteiger partial charge is 0.493 e. The highest BCUT2D eigenvalue weighted by atomic mass is 19.4. The number of nitrogens with zero attached hydrogens (tertiary/aromatic N) is 5. The number of aromatic nitrogens is 4. The van der Waals surface area contributed by atoms with Crippen molar-refractivity contribution in [3.63, 3.8) is 0 Å². The summed E-state index contributed by atoms with van der Waals surface area (Å²) in [5.74, 6) is 0.635. The Kier molecular flexibility index (Phi) is 7.00. The summed E-state index contributed by atoms with van der Waals surface area (Å²) in [5, 5.41) is 4.53. The molecular formula is C25H24F3N5O3. The van der Waals surface area contributed by atoms with Crippen LogP contribution in [0.4, 0.5) is 13.2 Å². The molecular weight excluding hydrogens is 475 g/mol. The van der Waals surface area contributed by atoms with Crippen LogP contribution in [0.1, 0.15) is 16.3 Å². The molecule has 0 aliphatic rings. The van der Waals surface area contributed by atoms with Crippen LogP contribution in [0.3, 0.4) is 0 Å². The molecule has 0 unspecified atom stereocenters. The van der Waals surface area contributed by atoms with Crippen molar-refractivity contribution in [1.82, 2.24) is 24.2 Å². The van der Waals surface area contributed by atoms with Gasteiger partial charge in [-0.3, -0.25) is 4.79 Å². The number of imidazole rings is 1. The number of para-hydroxylation sites is 1.